The maximum absolute atomic E-state index is 11.2. The van der Waals surface area contributed by atoms with Crippen molar-refractivity contribution in [2.75, 3.05) is 46.8 Å². The van der Waals surface area contributed by atoms with Gasteiger partial charge in [0.25, 0.3) is 0 Å². The van der Waals surface area contributed by atoms with Crippen LogP contribution >= 0.6 is 0 Å². The minimum Gasteiger partial charge on any atom is -0.458 e. The molecule has 0 fully saturated rings. The number of carbonyl (C=O) groups excluding carboxylic acids is 3. The molecule has 0 radical (unpaired) electrons. The Kier molecular flexibility index (Phi) is 11.9. The van der Waals surface area contributed by atoms with Crippen LogP contribution in [0.2, 0.25) is 0 Å². The number of ether oxygens (including phenoxy) is 4. The van der Waals surface area contributed by atoms with Gasteiger partial charge in [0.15, 0.2) is 0 Å². The summed E-state index contributed by atoms with van der Waals surface area (Å²) in [4.78, 5) is 33.1. The highest BCUT2D eigenvalue weighted by Crippen LogP contribution is 1.95. The highest BCUT2D eigenvalue weighted by atomic mass is 16.6. The lowest BCUT2D eigenvalue weighted by Crippen LogP contribution is -2.20. The van der Waals surface area contributed by atoms with Crippen molar-refractivity contribution in [1.82, 2.24) is 0 Å². The van der Waals surface area contributed by atoms with Gasteiger partial charge in [-0.1, -0.05) is 0 Å². The van der Waals surface area contributed by atoms with Crippen molar-refractivity contribution in [2.45, 2.75) is 19.8 Å². The van der Waals surface area contributed by atoms with E-state index in [1.54, 1.807) is 7.11 Å². The summed E-state index contributed by atoms with van der Waals surface area (Å²) in [6.45, 7) is 3.39. The first-order valence-corrected chi connectivity index (χ1v) is 6.41. The molecule has 7 heteroatoms. The van der Waals surface area contributed by atoms with E-state index >= 15 is 0 Å². The van der Waals surface area contributed by atoms with Gasteiger partial charge in [-0.05, 0) is 6.92 Å². The molecule has 0 aliphatic rings. The smallest absolute Gasteiger partial charge is 0.374 e. The van der Waals surface area contributed by atoms with E-state index in [4.69, 9.17) is 18.9 Å². The van der Waals surface area contributed by atoms with Crippen LogP contribution in [-0.2, 0) is 33.3 Å². The third-order valence-electron chi connectivity index (χ3n) is 2.20. The predicted octanol–water partition coefficient (Wildman–Crippen LogP) is 0.147. The molecule has 0 bridgehead atoms. The summed E-state index contributed by atoms with van der Waals surface area (Å²) in [5.74, 6) is -1.75. The minimum atomic E-state index is -0.925. The summed E-state index contributed by atoms with van der Waals surface area (Å²) in [6.07, 6.45) is -0.0500. The Hall–Kier alpha value is -1.31. The molecule has 0 unspecified atom stereocenters. The van der Waals surface area contributed by atoms with Crippen molar-refractivity contribution in [2.24, 2.45) is 0 Å². The van der Waals surface area contributed by atoms with E-state index in [1.807, 2.05) is 0 Å². The molecule has 0 aromatic heterocycles. The van der Waals surface area contributed by atoms with Crippen molar-refractivity contribution in [3.63, 3.8) is 0 Å². The van der Waals surface area contributed by atoms with Crippen LogP contribution in [0.25, 0.3) is 0 Å². The zero-order chi connectivity index (χ0) is 15.2. The van der Waals surface area contributed by atoms with Gasteiger partial charge in [0.1, 0.15) is 12.4 Å². The molecule has 0 aliphatic heterocycles. The van der Waals surface area contributed by atoms with Gasteiger partial charge in [-0.3, -0.25) is 4.79 Å². The van der Waals surface area contributed by atoms with Crippen LogP contribution in [0.3, 0.4) is 0 Å². The van der Waals surface area contributed by atoms with E-state index in [9.17, 15) is 14.4 Å². The summed E-state index contributed by atoms with van der Waals surface area (Å²) in [5.41, 5.74) is 0. The maximum atomic E-state index is 11.2. The number of esters is 1. The number of hydrogen-bond acceptors (Lipinski definition) is 7. The highest BCUT2D eigenvalue weighted by Gasteiger charge is 2.15. The van der Waals surface area contributed by atoms with Gasteiger partial charge in [0.05, 0.1) is 33.0 Å². The topological polar surface area (TPSA) is 88.1 Å². The summed E-state index contributed by atoms with van der Waals surface area (Å²) < 4.78 is 19.8. The highest BCUT2D eigenvalue weighted by molar-refractivity contribution is 6.33. The minimum absolute atomic E-state index is 0.00269. The SMILES string of the molecule is COCCOCCOCCOC(=O)C(=O)CCC(C)=O. The fraction of sp³-hybridized carbons (Fsp3) is 0.769. The molecule has 116 valence electrons. The molecule has 7 nitrogen and oxygen atoms in total. The Morgan fingerprint density at radius 2 is 1.35 bits per heavy atom. The average molecular weight is 290 g/mol. The summed E-state index contributed by atoms with van der Waals surface area (Å²) >= 11 is 0. The number of rotatable bonds is 13. The lowest BCUT2D eigenvalue weighted by Gasteiger charge is -2.06. The molecule has 0 saturated heterocycles. The fourth-order valence-corrected chi connectivity index (χ4v) is 1.13. The van der Waals surface area contributed by atoms with Crippen LogP contribution in [0.4, 0.5) is 0 Å². The number of carbonyl (C=O) groups is 3. The molecule has 0 saturated carbocycles. The standard InChI is InChI=1S/C13H22O7/c1-11(14)3-4-12(15)13(16)20-10-9-19-8-7-18-6-5-17-2/h3-10H2,1-2H3. The first kappa shape index (κ1) is 18.7. The van der Waals surface area contributed by atoms with Gasteiger partial charge in [0, 0.05) is 20.0 Å². The summed E-state index contributed by atoms with van der Waals surface area (Å²) in [6, 6.07) is 0. The first-order chi connectivity index (χ1) is 9.57. The second-order valence-corrected chi connectivity index (χ2v) is 3.98. The molecule has 0 amide bonds. The quantitative estimate of drug-likeness (QED) is 0.271. The van der Waals surface area contributed by atoms with Crippen LogP contribution < -0.4 is 0 Å². The van der Waals surface area contributed by atoms with Gasteiger partial charge in [0.2, 0.25) is 5.78 Å². The van der Waals surface area contributed by atoms with Crippen LogP contribution in [0, 0.1) is 0 Å². The Morgan fingerprint density at radius 1 is 0.800 bits per heavy atom. The first-order valence-electron chi connectivity index (χ1n) is 6.41. The maximum Gasteiger partial charge on any atom is 0.374 e. The zero-order valence-electron chi connectivity index (χ0n) is 12.0. The van der Waals surface area contributed by atoms with E-state index in [1.165, 1.54) is 6.92 Å². The van der Waals surface area contributed by atoms with Crippen molar-refractivity contribution >= 4 is 17.5 Å². The third kappa shape index (κ3) is 11.8. The Balaban J connectivity index is 3.39. The number of ketones is 2. The van der Waals surface area contributed by atoms with Gasteiger partial charge in [-0.25, -0.2) is 4.79 Å². The molecule has 0 spiro atoms. The van der Waals surface area contributed by atoms with E-state index in [0.29, 0.717) is 26.4 Å². The van der Waals surface area contributed by atoms with Gasteiger partial charge >= 0.3 is 5.97 Å². The second kappa shape index (κ2) is 12.7. The summed E-state index contributed by atoms with van der Waals surface area (Å²) in [5, 5.41) is 0. The van der Waals surface area contributed by atoms with Crippen LogP contribution in [0.1, 0.15) is 19.8 Å². The predicted molar refractivity (Wildman–Crippen MR) is 69.4 cm³/mol. The Bertz CT molecular complexity index is 301. The molecular weight excluding hydrogens is 268 g/mol. The Morgan fingerprint density at radius 3 is 1.90 bits per heavy atom. The molecule has 0 N–H and O–H groups in total. The molecular formula is C13H22O7. The van der Waals surface area contributed by atoms with E-state index < -0.39 is 11.8 Å². The summed E-state index contributed by atoms with van der Waals surface area (Å²) in [7, 11) is 1.59. The molecule has 0 atom stereocenters. The number of methoxy groups -OCH3 is 1. The molecule has 0 rings (SSSR count). The number of hydrogen-bond donors (Lipinski definition) is 0. The van der Waals surface area contributed by atoms with Gasteiger partial charge in [-0.15, -0.1) is 0 Å². The van der Waals surface area contributed by atoms with Crippen molar-refractivity contribution < 1.29 is 33.3 Å². The third-order valence-corrected chi connectivity index (χ3v) is 2.20. The van der Waals surface area contributed by atoms with Crippen LogP contribution in [-0.4, -0.2) is 64.3 Å². The lowest BCUT2D eigenvalue weighted by molar-refractivity contribution is -0.155. The molecule has 0 heterocycles. The average Bonchev–Trinajstić information content (AvgIpc) is 2.42. The molecule has 0 aromatic carbocycles. The van der Waals surface area contributed by atoms with Crippen molar-refractivity contribution in [1.29, 1.82) is 0 Å². The van der Waals surface area contributed by atoms with Crippen LogP contribution in [0.15, 0.2) is 0 Å². The van der Waals surface area contributed by atoms with Gasteiger partial charge in [-0.2, -0.15) is 0 Å². The normalized spacial score (nSPS) is 10.3. The van der Waals surface area contributed by atoms with E-state index in [2.05, 4.69) is 0 Å². The second-order valence-electron chi connectivity index (χ2n) is 3.98. The van der Waals surface area contributed by atoms with E-state index in [-0.39, 0.29) is 31.8 Å². The largest absolute Gasteiger partial charge is 0.458 e. The van der Waals surface area contributed by atoms with E-state index in [0.717, 1.165) is 0 Å². The zero-order valence-corrected chi connectivity index (χ0v) is 12.0. The van der Waals surface area contributed by atoms with Crippen molar-refractivity contribution in [3.05, 3.63) is 0 Å². The monoisotopic (exact) mass is 290 g/mol. The van der Waals surface area contributed by atoms with Gasteiger partial charge < -0.3 is 23.7 Å². The lowest BCUT2D eigenvalue weighted by atomic mass is 10.2. The molecule has 0 aromatic rings. The van der Waals surface area contributed by atoms with Crippen molar-refractivity contribution in [3.8, 4) is 0 Å². The fourth-order valence-electron chi connectivity index (χ4n) is 1.13. The molecule has 20 heavy (non-hydrogen) atoms. The Labute approximate surface area is 118 Å². The molecule has 0 aliphatic carbocycles. The number of Topliss-reactive ketones (excluding diaryl/α,β-unsaturated/α-hetero) is 2. The van der Waals surface area contributed by atoms with Crippen LogP contribution in [0.5, 0.6) is 0 Å².